The fraction of sp³-hybridized carbons (Fsp3) is 0.375. The van der Waals surface area contributed by atoms with Gasteiger partial charge in [0.25, 0.3) is 0 Å². The molecule has 0 atom stereocenters. The molecule has 0 aliphatic heterocycles. The van der Waals surface area contributed by atoms with Crippen LogP contribution < -0.4 is 15.8 Å². The van der Waals surface area contributed by atoms with Crippen molar-refractivity contribution >= 4 is 41.6 Å². The number of hydrogen-bond donors (Lipinski definition) is 2. The number of pyridine rings is 1. The van der Waals surface area contributed by atoms with Crippen LogP contribution in [-0.4, -0.2) is 30.6 Å². The van der Waals surface area contributed by atoms with Gasteiger partial charge in [-0.25, -0.2) is 0 Å². The van der Waals surface area contributed by atoms with Gasteiger partial charge in [0.2, 0.25) is 5.91 Å². The van der Waals surface area contributed by atoms with Gasteiger partial charge in [-0.15, -0.1) is 24.8 Å². The zero-order valence-electron chi connectivity index (χ0n) is 12.9. The van der Waals surface area contributed by atoms with E-state index < -0.39 is 0 Å². The van der Waals surface area contributed by atoms with Crippen LogP contribution in [-0.2, 0) is 4.79 Å². The van der Waals surface area contributed by atoms with E-state index in [9.17, 15) is 4.79 Å². The van der Waals surface area contributed by atoms with E-state index >= 15 is 0 Å². The number of aromatic nitrogens is 1. The molecule has 3 N–H and O–H groups in total. The summed E-state index contributed by atoms with van der Waals surface area (Å²) in [4.78, 5) is 15.7. The highest BCUT2D eigenvalue weighted by molar-refractivity contribution is 5.85. The van der Waals surface area contributed by atoms with Gasteiger partial charge < -0.3 is 15.8 Å². The van der Waals surface area contributed by atoms with Crippen LogP contribution in [0.2, 0.25) is 0 Å². The van der Waals surface area contributed by atoms with Gasteiger partial charge in [-0.2, -0.15) is 0 Å². The lowest BCUT2D eigenvalue weighted by molar-refractivity contribution is -0.121. The zero-order valence-corrected chi connectivity index (χ0v) is 14.5. The van der Waals surface area contributed by atoms with Crippen LogP contribution in [0.15, 0.2) is 36.5 Å². The smallest absolute Gasteiger partial charge is 0.220 e. The topological polar surface area (TPSA) is 77.2 Å². The molecule has 5 nitrogen and oxygen atoms in total. The van der Waals surface area contributed by atoms with Crippen LogP contribution in [0.5, 0.6) is 5.75 Å². The van der Waals surface area contributed by atoms with Crippen LogP contribution in [0.1, 0.15) is 19.3 Å². The quantitative estimate of drug-likeness (QED) is 0.710. The second kappa shape index (κ2) is 11.9. The molecule has 0 unspecified atom stereocenters. The standard InChI is InChI=1S/C16H21N3O2.2ClH/c17-9-2-8-15(20)18-11-4-12-21-14-7-1-5-13-6-3-10-19-16(13)14;;/h1,3,5-7,10H,2,4,8-9,11-12,17H2,(H,18,20);2*1H. The molecule has 0 saturated carbocycles. The average molecular weight is 360 g/mol. The summed E-state index contributed by atoms with van der Waals surface area (Å²) in [5.74, 6) is 0.829. The molecule has 1 aromatic carbocycles. The molecule has 1 heterocycles. The fourth-order valence-electron chi connectivity index (χ4n) is 2.03. The molecular formula is C16H23Cl2N3O2. The molecule has 1 aromatic heterocycles. The summed E-state index contributed by atoms with van der Waals surface area (Å²) in [6.07, 6.45) is 3.74. The van der Waals surface area contributed by atoms with Gasteiger partial charge in [-0.3, -0.25) is 9.78 Å². The Hall–Kier alpha value is -1.56. The molecule has 0 spiro atoms. The highest BCUT2D eigenvalue weighted by atomic mass is 35.5. The SMILES string of the molecule is Cl.Cl.NCCCC(=O)NCCCOc1cccc2cccnc12. The van der Waals surface area contributed by atoms with Crippen LogP contribution in [0.3, 0.4) is 0 Å². The number of amides is 1. The largest absolute Gasteiger partial charge is 0.491 e. The summed E-state index contributed by atoms with van der Waals surface area (Å²) in [6, 6.07) is 9.78. The van der Waals surface area contributed by atoms with E-state index in [2.05, 4.69) is 10.3 Å². The molecule has 0 aliphatic rings. The molecular weight excluding hydrogens is 337 g/mol. The van der Waals surface area contributed by atoms with Gasteiger partial charge in [0, 0.05) is 24.5 Å². The predicted octanol–water partition coefficient (Wildman–Crippen LogP) is 2.70. The maximum atomic E-state index is 11.4. The number of para-hydroxylation sites is 1. The van der Waals surface area contributed by atoms with Crippen LogP contribution in [0, 0.1) is 0 Å². The molecule has 0 fully saturated rings. The zero-order chi connectivity index (χ0) is 14.9. The van der Waals surface area contributed by atoms with Gasteiger partial charge in [0.05, 0.1) is 6.61 Å². The third kappa shape index (κ3) is 7.03. The van der Waals surface area contributed by atoms with E-state index in [0.29, 0.717) is 26.1 Å². The van der Waals surface area contributed by atoms with Crippen LogP contribution >= 0.6 is 24.8 Å². The molecule has 0 bridgehead atoms. The lowest BCUT2D eigenvalue weighted by atomic mass is 10.2. The van der Waals surface area contributed by atoms with Gasteiger partial charge in [0.1, 0.15) is 11.3 Å². The first-order valence-electron chi connectivity index (χ1n) is 7.24. The molecule has 7 heteroatoms. The Morgan fingerprint density at radius 3 is 2.74 bits per heavy atom. The predicted molar refractivity (Wildman–Crippen MR) is 97.6 cm³/mol. The van der Waals surface area contributed by atoms with E-state index in [1.54, 1.807) is 6.20 Å². The molecule has 1 amide bonds. The minimum absolute atomic E-state index is 0. The second-order valence-electron chi connectivity index (χ2n) is 4.78. The Morgan fingerprint density at radius 2 is 1.96 bits per heavy atom. The lowest BCUT2D eigenvalue weighted by Gasteiger charge is -2.09. The van der Waals surface area contributed by atoms with E-state index in [1.807, 2.05) is 30.3 Å². The number of fused-ring (bicyclic) bond motifs is 1. The summed E-state index contributed by atoms with van der Waals surface area (Å²) in [5, 5.41) is 3.91. The van der Waals surface area contributed by atoms with Crippen LogP contribution in [0.4, 0.5) is 0 Å². The summed E-state index contributed by atoms with van der Waals surface area (Å²) in [5.41, 5.74) is 6.22. The third-order valence-corrected chi connectivity index (χ3v) is 3.10. The van der Waals surface area contributed by atoms with Crippen molar-refractivity contribution in [3.8, 4) is 5.75 Å². The minimum Gasteiger partial charge on any atom is -0.491 e. The third-order valence-electron chi connectivity index (χ3n) is 3.10. The summed E-state index contributed by atoms with van der Waals surface area (Å²) < 4.78 is 5.75. The number of nitrogens with one attached hydrogen (secondary N) is 1. The molecule has 0 aliphatic carbocycles. The van der Waals surface area contributed by atoms with Crippen LogP contribution in [0.25, 0.3) is 10.9 Å². The number of carbonyl (C=O) groups excluding carboxylic acids is 1. The monoisotopic (exact) mass is 359 g/mol. The van der Waals surface area contributed by atoms with Crippen molar-refractivity contribution in [2.24, 2.45) is 5.73 Å². The van der Waals surface area contributed by atoms with Gasteiger partial charge in [-0.1, -0.05) is 18.2 Å². The number of nitrogens with zero attached hydrogens (tertiary/aromatic N) is 1. The van der Waals surface area contributed by atoms with Crippen molar-refractivity contribution < 1.29 is 9.53 Å². The number of benzene rings is 1. The number of nitrogens with two attached hydrogens (primary N) is 1. The first-order chi connectivity index (χ1) is 10.3. The van der Waals surface area contributed by atoms with E-state index in [-0.39, 0.29) is 30.7 Å². The van der Waals surface area contributed by atoms with Crippen molar-refractivity contribution in [3.63, 3.8) is 0 Å². The molecule has 2 rings (SSSR count). The highest BCUT2D eigenvalue weighted by Crippen LogP contribution is 2.22. The minimum atomic E-state index is 0. The fourth-order valence-corrected chi connectivity index (χ4v) is 2.03. The molecule has 23 heavy (non-hydrogen) atoms. The van der Waals surface area contributed by atoms with E-state index in [1.165, 1.54) is 0 Å². The number of halogens is 2. The van der Waals surface area contributed by atoms with Crippen molar-refractivity contribution in [2.75, 3.05) is 19.7 Å². The Labute approximate surface area is 148 Å². The van der Waals surface area contributed by atoms with Gasteiger partial charge in [0.15, 0.2) is 0 Å². The molecule has 2 aromatic rings. The Balaban J connectivity index is 0.00000242. The lowest BCUT2D eigenvalue weighted by Crippen LogP contribution is -2.25. The second-order valence-corrected chi connectivity index (χ2v) is 4.78. The van der Waals surface area contributed by atoms with Crippen molar-refractivity contribution in [1.82, 2.24) is 10.3 Å². The average Bonchev–Trinajstić information content (AvgIpc) is 2.52. The first-order valence-corrected chi connectivity index (χ1v) is 7.24. The maximum absolute atomic E-state index is 11.4. The first kappa shape index (κ1) is 21.4. The number of ether oxygens (including phenoxy) is 1. The molecule has 0 radical (unpaired) electrons. The Kier molecular flexibility index (Phi) is 11.1. The van der Waals surface area contributed by atoms with Gasteiger partial charge in [-0.05, 0) is 31.5 Å². The molecule has 0 saturated heterocycles. The number of rotatable bonds is 8. The van der Waals surface area contributed by atoms with Gasteiger partial charge >= 0.3 is 0 Å². The van der Waals surface area contributed by atoms with Crippen molar-refractivity contribution in [1.29, 1.82) is 0 Å². The number of carbonyl (C=O) groups is 1. The Morgan fingerprint density at radius 1 is 1.17 bits per heavy atom. The summed E-state index contributed by atoms with van der Waals surface area (Å²) in [7, 11) is 0. The summed E-state index contributed by atoms with van der Waals surface area (Å²) in [6.45, 7) is 1.71. The van der Waals surface area contributed by atoms with Crippen molar-refractivity contribution in [3.05, 3.63) is 36.5 Å². The molecule has 128 valence electrons. The number of hydrogen-bond acceptors (Lipinski definition) is 4. The van der Waals surface area contributed by atoms with E-state index in [0.717, 1.165) is 29.5 Å². The van der Waals surface area contributed by atoms with Crippen molar-refractivity contribution in [2.45, 2.75) is 19.3 Å². The summed E-state index contributed by atoms with van der Waals surface area (Å²) >= 11 is 0. The highest BCUT2D eigenvalue weighted by Gasteiger charge is 2.03. The maximum Gasteiger partial charge on any atom is 0.220 e. The van der Waals surface area contributed by atoms with E-state index in [4.69, 9.17) is 10.5 Å². The normalized spacial score (nSPS) is 9.61. The Bertz CT molecular complexity index is 591.